The molecule has 1 aromatic rings. The Bertz CT molecular complexity index is 390. The van der Waals surface area contributed by atoms with Gasteiger partial charge in [-0.1, -0.05) is 12.2 Å². The smallest absolute Gasteiger partial charge is 0.137 e. The molecule has 0 bridgehead atoms. The topological polar surface area (TPSA) is 47.1 Å². The third-order valence-corrected chi connectivity index (χ3v) is 3.05. The van der Waals surface area contributed by atoms with Gasteiger partial charge in [-0.25, -0.2) is 0 Å². The maximum Gasteiger partial charge on any atom is 0.137 e. The summed E-state index contributed by atoms with van der Waals surface area (Å²) in [6.45, 7) is 4.11. The number of aromatic nitrogens is 2. The molecule has 82 valence electrons. The molecule has 2 rings (SSSR count). The molecule has 1 saturated heterocycles. The molecular weight excluding hydrogens is 208 g/mol. The first-order valence-corrected chi connectivity index (χ1v) is 5.60. The van der Waals surface area contributed by atoms with Gasteiger partial charge < -0.3 is 10.6 Å². The zero-order valence-corrected chi connectivity index (χ0v) is 9.97. The van der Waals surface area contributed by atoms with Crippen LogP contribution in [0.1, 0.15) is 24.1 Å². The first-order chi connectivity index (χ1) is 7.11. The Hall–Kier alpha value is -1.10. The molecule has 0 aromatic carbocycles. The second kappa shape index (κ2) is 3.81. The molecule has 0 radical (unpaired) electrons. The van der Waals surface area contributed by atoms with Gasteiger partial charge in [-0.2, -0.15) is 5.10 Å². The van der Waals surface area contributed by atoms with Crippen molar-refractivity contribution in [3.8, 4) is 0 Å². The number of nitrogens with two attached hydrogens (primary N) is 1. The monoisotopic (exact) mass is 224 g/mol. The average Bonchev–Trinajstić information content (AvgIpc) is 2.71. The number of rotatable bonds is 2. The van der Waals surface area contributed by atoms with Crippen molar-refractivity contribution in [3.05, 3.63) is 11.3 Å². The van der Waals surface area contributed by atoms with Crippen LogP contribution in [0.25, 0.3) is 0 Å². The van der Waals surface area contributed by atoms with E-state index in [0.717, 1.165) is 30.2 Å². The minimum absolute atomic E-state index is 0.447. The minimum Gasteiger partial charge on any atom is -0.389 e. The lowest BCUT2D eigenvalue weighted by Crippen LogP contribution is -2.24. The first kappa shape index (κ1) is 10.4. The van der Waals surface area contributed by atoms with Crippen molar-refractivity contribution in [1.29, 1.82) is 0 Å². The quantitative estimate of drug-likeness (QED) is 0.760. The van der Waals surface area contributed by atoms with Gasteiger partial charge in [0.05, 0.1) is 11.3 Å². The van der Waals surface area contributed by atoms with Gasteiger partial charge in [0.2, 0.25) is 0 Å². The Morgan fingerprint density at radius 1 is 1.40 bits per heavy atom. The van der Waals surface area contributed by atoms with Crippen LogP contribution in [-0.2, 0) is 7.05 Å². The minimum atomic E-state index is 0.447. The Morgan fingerprint density at radius 3 is 2.53 bits per heavy atom. The van der Waals surface area contributed by atoms with Gasteiger partial charge in [0.1, 0.15) is 10.8 Å². The number of aryl methyl sites for hydroxylation is 2. The van der Waals surface area contributed by atoms with E-state index in [4.69, 9.17) is 18.0 Å². The summed E-state index contributed by atoms with van der Waals surface area (Å²) >= 11 is 5.08. The Morgan fingerprint density at radius 2 is 2.00 bits per heavy atom. The molecule has 0 saturated carbocycles. The van der Waals surface area contributed by atoms with Gasteiger partial charge in [0.15, 0.2) is 0 Å². The van der Waals surface area contributed by atoms with E-state index in [1.807, 2.05) is 18.7 Å². The molecule has 4 nitrogen and oxygen atoms in total. The second-order valence-corrected chi connectivity index (χ2v) is 4.41. The molecule has 0 aliphatic carbocycles. The maximum atomic E-state index is 5.75. The Balaban J connectivity index is 2.47. The Labute approximate surface area is 95.0 Å². The van der Waals surface area contributed by atoms with Crippen molar-refractivity contribution >= 4 is 23.0 Å². The van der Waals surface area contributed by atoms with Crippen molar-refractivity contribution in [1.82, 2.24) is 9.78 Å². The lowest BCUT2D eigenvalue weighted by molar-refractivity contribution is 0.731. The van der Waals surface area contributed by atoms with Gasteiger partial charge in [0.25, 0.3) is 0 Å². The Kier molecular flexibility index (Phi) is 2.65. The molecule has 0 unspecified atom stereocenters. The van der Waals surface area contributed by atoms with Gasteiger partial charge in [-0.05, 0) is 19.8 Å². The molecule has 0 spiro atoms. The lowest BCUT2D eigenvalue weighted by Gasteiger charge is -2.19. The zero-order valence-electron chi connectivity index (χ0n) is 9.16. The molecule has 1 aromatic heterocycles. The molecule has 1 fully saturated rings. The number of anilines is 1. The third kappa shape index (κ3) is 1.71. The standard InChI is InChI=1S/C10H16N4S/c1-7-8(9(11)15)10(13(2)12-7)14-5-3-4-6-14/h3-6H2,1-2H3,(H2,11,15). The van der Waals surface area contributed by atoms with Crippen LogP contribution in [-0.4, -0.2) is 27.9 Å². The number of hydrogen-bond donors (Lipinski definition) is 1. The second-order valence-electron chi connectivity index (χ2n) is 3.97. The van der Waals surface area contributed by atoms with E-state index in [9.17, 15) is 0 Å². The van der Waals surface area contributed by atoms with Gasteiger partial charge in [-0.3, -0.25) is 4.68 Å². The predicted molar refractivity (Wildman–Crippen MR) is 65.3 cm³/mol. The first-order valence-electron chi connectivity index (χ1n) is 5.19. The van der Waals surface area contributed by atoms with E-state index in [1.54, 1.807) is 0 Å². The van der Waals surface area contributed by atoms with E-state index in [2.05, 4.69) is 10.00 Å². The normalized spacial score (nSPS) is 16.0. The molecule has 2 heterocycles. The summed E-state index contributed by atoms with van der Waals surface area (Å²) in [7, 11) is 1.95. The van der Waals surface area contributed by atoms with Gasteiger partial charge >= 0.3 is 0 Å². The highest BCUT2D eigenvalue weighted by Gasteiger charge is 2.23. The van der Waals surface area contributed by atoms with Crippen molar-refractivity contribution in [2.24, 2.45) is 12.8 Å². The van der Waals surface area contributed by atoms with E-state index in [1.165, 1.54) is 12.8 Å². The van der Waals surface area contributed by atoms with Crippen molar-refractivity contribution in [3.63, 3.8) is 0 Å². The summed E-state index contributed by atoms with van der Waals surface area (Å²) in [5.41, 5.74) is 7.61. The summed E-state index contributed by atoms with van der Waals surface area (Å²) in [5.74, 6) is 1.08. The van der Waals surface area contributed by atoms with Crippen LogP contribution in [0.15, 0.2) is 0 Å². The lowest BCUT2D eigenvalue weighted by atomic mass is 10.2. The number of thiocarbonyl (C=S) groups is 1. The third-order valence-electron chi connectivity index (χ3n) is 2.84. The largest absolute Gasteiger partial charge is 0.389 e. The molecule has 2 N–H and O–H groups in total. The van der Waals surface area contributed by atoms with E-state index >= 15 is 0 Å². The highest BCUT2D eigenvalue weighted by molar-refractivity contribution is 7.80. The summed E-state index contributed by atoms with van der Waals surface area (Å²) in [6, 6.07) is 0. The van der Waals surface area contributed by atoms with Crippen LogP contribution in [0.2, 0.25) is 0 Å². The van der Waals surface area contributed by atoms with Crippen LogP contribution in [0.3, 0.4) is 0 Å². The molecule has 5 heteroatoms. The van der Waals surface area contributed by atoms with Gasteiger partial charge in [0, 0.05) is 20.1 Å². The molecule has 0 amide bonds. The van der Waals surface area contributed by atoms with E-state index in [-0.39, 0.29) is 0 Å². The molecule has 1 aliphatic rings. The summed E-state index contributed by atoms with van der Waals surface area (Å²) in [6.07, 6.45) is 2.47. The van der Waals surface area contributed by atoms with Crippen LogP contribution < -0.4 is 10.6 Å². The zero-order chi connectivity index (χ0) is 11.0. The van der Waals surface area contributed by atoms with E-state index in [0.29, 0.717) is 4.99 Å². The van der Waals surface area contributed by atoms with Crippen molar-refractivity contribution in [2.75, 3.05) is 18.0 Å². The number of nitrogens with zero attached hydrogens (tertiary/aromatic N) is 3. The highest BCUT2D eigenvalue weighted by atomic mass is 32.1. The highest BCUT2D eigenvalue weighted by Crippen LogP contribution is 2.26. The van der Waals surface area contributed by atoms with Crippen LogP contribution in [0.5, 0.6) is 0 Å². The molecular formula is C10H16N4S. The summed E-state index contributed by atoms with van der Waals surface area (Å²) < 4.78 is 1.88. The fourth-order valence-electron chi connectivity index (χ4n) is 2.23. The molecule has 1 aliphatic heterocycles. The van der Waals surface area contributed by atoms with E-state index < -0.39 is 0 Å². The fraction of sp³-hybridized carbons (Fsp3) is 0.600. The summed E-state index contributed by atoms with van der Waals surface area (Å²) in [4.78, 5) is 2.76. The summed E-state index contributed by atoms with van der Waals surface area (Å²) in [5, 5.41) is 4.38. The van der Waals surface area contributed by atoms with Crippen LogP contribution >= 0.6 is 12.2 Å². The average molecular weight is 224 g/mol. The predicted octanol–water partition coefficient (Wildman–Crippen LogP) is 0.963. The van der Waals surface area contributed by atoms with Crippen molar-refractivity contribution in [2.45, 2.75) is 19.8 Å². The molecule has 15 heavy (non-hydrogen) atoms. The fourth-order valence-corrected chi connectivity index (χ4v) is 2.47. The van der Waals surface area contributed by atoms with Crippen LogP contribution in [0, 0.1) is 6.92 Å². The maximum absolute atomic E-state index is 5.75. The number of hydrogen-bond acceptors (Lipinski definition) is 3. The molecule has 0 atom stereocenters. The SMILES string of the molecule is Cc1nn(C)c(N2CCCC2)c1C(N)=S. The van der Waals surface area contributed by atoms with Gasteiger partial charge in [-0.15, -0.1) is 0 Å². The van der Waals surface area contributed by atoms with Crippen LogP contribution in [0.4, 0.5) is 5.82 Å². The van der Waals surface area contributed by atoms with Crippen molar-refractivity contribution < 1.29 is 0 Å².